The zero-order valence-electron chi connectivity index (χ0n) is 17.0. The molecule has 0 aliphatic heterocycles. The Bertz CT molecular complexity index is 1150. The second-order valence-corrected chi connectivity index (χ2v) is 7.12. The maximum absolute atomic E-state index is 12.6. The molecule has 0 bridgehead atoms. The number of nitrogens with one attached hydrogen (secondary N) is 2. The second-order valence-electron chi connectivity index (χ2n) is 7.12. The summed E-state index contributed by atoms with van der Waals surface area (Å²) in [5.74, 6) is 0.664. The number of aryl methyl sites for hydroxylation is 1. The lowest BCUT2D eigenvalue weighted by Crippen LogP contribution is -2.32. The van der Waals surface area contributed by atoms with Gasteiger partial charge >= 0.3 is 6.03 Å². The van der Waals surface area contributed by atoms with Crippen LogP contribution in [0.15, 0.2) is 79.3 Å². The molecule has 1 atom stereocenters. The molecule has 0 aliphatic carbocycles. The monoisotopic (exact) mass is 400 g/mol. The molecule has 0 fully saturated rings. The summed E-state index contributed by atoms with van der Waals surface area (Å²) in [4.78, 5) is 16.8. The first-order valence-corrected chi connectivity index (χ1v) is 9.78. The van der Waals surface area contributed by atoms with Crippen LogP contribution in [0.5, 0.6) is 5.75 Å². The van der Waals surface area contributed by atoms with Gasteiger partial charge in [0, 0.05) is 60.8 Å². The molecule has 0 saturated heterocycles. The molecule has 2 aromatic heterocycles. The zero-order chi connectivity index (χ0) is 20.9. The molecular formula is C24H24N4O2. The van der Waals surface area contributed by atoms with Crippen molar-refractivity contribution in [3.8, 4) is 5.75 Å². The van der Waals surface area contributed by atoms with E-state index in [1.54, 1.807) is 19.4 Å². The largest absolute Gasteiger partial charge is 0.497 e. The van der Waals surface area contributed by atoms with E-state index in [4.69, 9.17) is 4.74 Å². The number of aromatic nitrogens is 2. The molecule has 2 amide bonds. The number of hydrogen-bond acceptors (Lipinski definition) is 3. The van der Waals surface area contributed by atoms with Gasteiger partial charge in [-0.1, -0.05) is 30.3 Å². The van der Waals surface area contributed by atoms with Crippen LogP contribution >= 0.6 is 0 Å². The number of ether oxygens (including phenoxy) is 1. The highest BCUT2D eigenvalue weighted by Crippen LogP contribution is 2.31. The predicted octanol–water partition coefficient (Wildman–Crippen LogP) is 4.54. The van der Waals surface area contributed by atoms with Gasteiger partial charge in [-0.15, -0.1) is 0 Å². The van der Waals surface area contributed by atoms with Crippen LogP contribution < -0.4 is 15.4 Å². The average molecular weight is 400 g/mol. The third kappa shape index (κ3) is 4.12. The van der Waals surface area contributed by atoms with E-state index in [-0.39, 0.29) is 11.9 Å². The summed E-state index contributed by atoms with van der Waals surface area (Å²) < 4.78 is 7.33. The minimum absolute atomic E-state index is 0.0270. The Balaban J connectivity index is 1.57. The number of hydrogen-bond donors (Lipinski definition) is 2. The Morgan fingerprint density at radius 3 is 2.80 bits per heavy atom. The molecule has 0 spiro atoms. The van der Waals surface area contributed by atoms with Crippen molar-refractivity contribution < 1.29 is 9.53 Å². The maximum Gasteiger partial charge on any atom is 0.319 e. The summed E-state index contributed by atoms with van der Waals surface area (Å²) in [5.41, 5.74) is 4.04. The molecule has 4 aromatic rings. The molecule has 30 heavy (non-hydrogen) atoms. The van der Waals surface area contributed by atoms with E-state index in [1.165, 1.54) is 5.39 Å². The molecule has 2 N–H and O–H groups in total. The molecule has 2 heterocycles. The first-order chi connectivity index (χ1) is 14.7. The number of carbonyl (C=O) groups is 1. The van der Waals surface area contributed by atoms with Crippen LogP contribution in [0, 0.1) is 0 Å². The molecule has 2 aromatic carbocycles. The van der Waals surface area contributed by atoms with Gasteiger partial charge in [-0.3, -0.25) is 4.98 Å². The number of methoxy groups -OCH3 is 1. The third-order valence-electron chi connectivity index (χ3n) is 5.18. The van der Waals surface area contributed by atoms with Gasteiger partial charge in [0.15, 0.2) is 0 Å². The molecule has 6 nitrogen and oxygen atoms in total. The Hall–Kier alpha value is -3.80. The van der Waals surface area contributed by atoms with Crippen LogP contribution in [0.3, 0.4) is 0 Å². The molecule has 6 heteroatoms. The van der Waals surface area contributed by atoms with Crippen LogP contribution in [0.2, 0.25) is 0 Å². The number of benzene rings is 2. The third-order valence-corrected chi connectivity index (χ3v) is 5.18. The highest BCUT2D eigenvalue weighted by molar-refractivity contribution is 5.90. The minimum Gasteiger partial charge on any atom is -0.497 e. The number of urea groups is 1. The zero-order valence-corrected chi connectivity index (χ0v) is 17.0. The number of fused-ring (bicyclic) bond motifs is 1. The first-order valence-electron chi connectivity index (χ1n) is 9.78. The average Bonchev–Trinajstić information content (AvgIpc) is 3.11. The van der Waals surface area contributed by atoms with Gasteiger partial charge in [0.1, 0.15) is 5.75 Å². The lowest BCUT2D eigenvalue weighted by Gasteiger charge is -2.18. The Morgan fingerprint density at radius 1 is 1.13 bits per heavy atom. The van der Waals surface area contributed by atoms with Gasteiger partial charge in [-0.2, -0.15) is 0 Å². The fraction of sp³-hybridized carbons (Fsp3) is 0.167. The number of carbonyl (C=O) groups excluding carboxylic acids is 1. The molecule has 0 saturated carbocycles. The Kier molecular flexibility index (Phi) is 5.66. The molecule has 0 unspecified atom stereocenters. The lowest BCUT2D eigenvalue weighted by molar-refractivity contribution is 0.252. The summed E-state index contributed by atoms with van der Waals surface area (Å²) in [6.45, 7) is 0.440. The molecule has 0 aliphatic rings. The van der Waals surface area contributed by atoms with Gasteiger partial charge in [0.05, 0.1) is 7.11 Å². The van der Waals surface area contributed by atoms with Gasteiger partial charge < -0.3 is 19.9 Å². The van der Waals surface area contributed by atoms with Gasteiger partial charge in [0.2, 0.25) is 0 Å². The van der Waals surface area contributed by atoms with Crippen LogP contribution in [0.4, 0.5) is 10.5 Å². The topological polar surface area (TPSA) is 68.2 Å². The van der Waals surface area contributed by atoms with E-state index in [2.05, 4.69) is 38.5 Å². The van der Waals surface area contributed by atoms with Gasteiger partial charge in [0.25, 0.3) is 0 Å². The first kappa shape index (κ1) is 19.5. The quantitative estimate of drug-likeness (QED) is 0.499. The minimum atomic E-state index is -0.266. The van der Waals surface area contributed by atoms with Crippen molar-refractivity contribution in [3.05, 3.63) is 90.4 Å². The van der Waals surface area contributed by atoms with Crippen molar-refractivity contribution in [2.24, 2.45) is 7.05 Å². The number of nitrogens with zero attached hydrogens (tertiary/aromatic N) is 2. The van der Waals surface area contributed by atoms with E-state index in [0.29, 0.717) is 18.0 Å². The number of amides is 2. The van der Waals surface area contributed by atoms with Gasteiger partial charge in [-0.25, -0.2) is 4.79 Å². The van der Waals surface area contributed by atoms with Crippen molar-refractivity contribution >= 4 is 22.6 Å². The van der Waals surface area contributed by atoms with E-state index >= 15 is 0 Å². The van der Waals surface area contributed by atoms with Gasteiger partial charge in [-0.05, 0) is 35.4 Å². The smallest absolute Gasteiger partial charge is 0.319 e. The molecule has 152 valence electrons. The van der Waals surface area contributed by atoms with Crippen LogP contribution in [0.25, 0.3) is 10.9 Å². The summed E-state index contributed by atoms with van der Waals surface area (Å²) >= 11 is 0. The lowest BCUT2D eigenvalue weighted by atomic mass is 9.92. The van der Waals surface area contributed by atoms with Crippen molar-refractivity contribution in [1.82, 2.24) is 14.9 Å². The summed E-state index contributed by atoms with van der Waals surface area (Å²) in [6.07, 6.45) is 5.74. The van der Waals surface area contributed by atoms with Crippen molar-refractivity contribution in [3.63, 3.8) is 0 Å². The van der Waals surface area contributed by atoms with Crippen molar-refractivity contribution in [1.29, 1.82) is 0 Å². The van der Waals surface area contributed by atoms with Crippen LogP contribution in [-0.2, 0) is 7.05 Å². The van der Waals surface area contributed by atoms with Crippen molar-refractivity contribution in [2.75, 3.05) is 19.0 Å². The number of para-hydroxylation sites is 1. The normalized spacial score (nSPS) is 11.8. The predicted molar refractivity (Wildman–Crippen MR) is 119 cm³/mol. The standard InChI is InChI=1S/C24H24N4O2/c1-28-16-22(20-10-3-4-11-23(20)28)21(17-7-6-12-25-14-17)15-26-24(29)27-18-8-5-9-19(13-18)30-2/h3-14,16,21H,15H2,1-2H3,(H2,26,27,29)/t21-/m0/s1. The van der Waals surface area contributed by atoms with E-state index in [1.807, 2.05) is 55.7 Å². The summed E-state index contributed by atoms with van der Waals surface area (Å²) in [5, 5.41) is 7.05. The summed E-state index contributed by atoms with van der Waals surface area (Å²) in [7, 11) is 3.64. The summed E-state index contributed by atoms with van der Waals surface area (Å²) in [6, 6.07) is 19.3. The Morgan fingerprint density at radius 2 is 2.00 bits per heavy atom. The number of anilines is 1. The number of pyridine rings is 1. The fourth-order valence-electron chi connectivity index (χ4n) is 3.71. The van der Waals surface area contributed by atoms with Crippen LogP contribution in [0.1, 0.15) is 17.0 Å². The second kappa shape index (κ2) is 8.69. The van der Waals surface area contributed by atoms with Crippen molar-refractivity contribution in [2.45, 2.75) is 5.92 Å². The molecule has 0 radical (unpaired) electrons. The highest BCUT2D eigenvalue weighted by Gasteiger charge is 2.20. The van der Waals surface area contributed by atoms with E-state index < -0.39 is 0 Å². The van der Waals surface area contributed by atoms with Crippen LogP contribution in [-0.4, -0.2) is 29.2 Å². The number of rotatable bonds is 6. The maximum atomic E-state index is 12.6. The fourth-order valence-corrected chi connectivity index (χ4v) is 3.71. The Labute approximate surface area is 175 Å². The molecular weight excluding hydrogens is 376 g/mol. The highest BCUT2D eigenvalue weighted by atomic mass is 16.5. The van der Waals surface area contributed by atoms with E-state index in [9.17, 15) is 4.79 Å². The van der Waals surface area contributed by atoms with E-state index in [0.717, 1.165) is 16.6 Å². The molecule has 4 rings (SSSR count). The SMILES string of the molecule is COc1cccc(NC(=O)NC[C@@H](c2cccnc2)c2cn(C)c3ccccc23)c1.